The third-order valence-electron chi connectivity index (χ3n) is 4.46. The van der Waals surface area contributed by atoms with Crippen molar-refractivity contribution >= 4 is 34.4 Å². The molecule has 0 radical (unpaired) electrons. The number of Topliss-reactive ketones (excluding diaryl/α,β-unsaturated/α-hetero) is 1. The lowest BCUT2D eigenvalue weighted by Gasteiger charge is -2.35. The third-order valence-corrected chi connectivity index (χ3v) is 4.69. The first-order valence-electron chi connectivity index (χ1n) is 8.02. The lowest BCUT2D eigenvalue weighted by atomic mass is 9.98. The van der Waals surface area contributed by atoms with E-state index in [0.717, 1.165) is 0 Å². The summed E-state index contributed by atoms with van der Waals surface area (Å²) in [4.78, 5) is 25.8. The van der Waals surface area contributed by atoms with Gasteiger partial charge in [0.1, 0.15) is 11.4 Å². The molecule has 1 atom stereocenters. The molecule has 0 aliphatic carbocycles. The maximum atomic E-state index is 13.0. The fourth-order valence-electron chi connectivity index (χ4n) is 3.30. The molecule has 0 amide bonds. The molecule has 0 fully saturated rings. The van der Waals surface area contributed by atoms with E-state index in [1.807, 2.05) is 6.92 Å². The minimum atomic E-state index is -0.768. The number of fused-ring (bicyclic) bond motifs is 3. The van der Waals surface area contributed by atoms with Gasteiger partial charge >= 0.3 is 0 Å². The van der Waals surface area contributed by atoms with Crippen molar-refractivity contribution in [2.24, 2.45) is 0 Å². The number of nitrogens with one attached hydrogen (secondary N) is 1. The highest BCUT2D eigenvalue weighted by atomic mass is 35.5. The first-order chi connectivity index (χ1) is 12.5. The van der Waals surface area contributed by atoms with Crippen LogP contribution in [0.25, 0.3) is 0 Å². The number of nitro benzene ring substituents is 1. The van der Waals surface area contributed by atoms with Crippen molar-refractivity contribution < 1.29 is 14.5 Å². The SMILES string of the molecule is CCN1c2c(cccc2[N+](=O)[O-])NC=C2C(=O)c3cc(Cl)ccc3OC21. The number of carbonyl (C=O) groups excluding carboxylic acids is 1. The van der Waals surface area contributed by atoms with E-state index in [4.69, 9.17) is 16.3 Å². The van der Waals surface area contributed by atoms with E-state index in [9.17, 15) is 14.9 Å². The van der Waals surface area contributed by atoms with Crippen LogP contribution < -0.4 is 15.0 Å². The van der Waals surface area contributed by atoms with Gasteiger partial charge in [-0.1, -0.05) is 17.7 Å². The highest BCUT2D eigenvalue weighted by Crippen LogP contribution is 2.43. The number of para-hydroxylation sites is 1. The molecule has 26 heavy (non-hydrogen) atoms. The summed E-state index contributed by atoms with van der Waals surface area (Å²) in [5.41, 5.74) is 1.62. The van der Waals surface area contributed by atoms with Crippen molar-refractivity contribution in [2.45, 2.75) is 13.2 Å². The Hall–Kier alpha value is -3.06. The van der Waals surface area contributed by atoms with Gasteiger partial charge in [0.15, 0.2) is 5.78 Å². The monoisotopic (exact) mass is 371 g/mol. The normalized spacial score (nSPS) is 17.8. The van der Waals surface area contributed by atoms with Crippen LogP contribution in [0.4, 0.5) is 17.1 Å². The van der Waals surface area contributed by atoms with E-state index in [2.05, 4.69) is 5.32 Å². The average molecular weight is 372 g/mol. The minimum Gasteiger partial charge on any atom is -0.465 e. The molecular formula is C18H14ClN3O4. The fraction of sp³-hybridized carbons (Fsp3) is 0.167. The highest BCUT2D eigenvalue weighted by Gasteiger charge is 2.40. The lowest BCUT2D eigenvalue weighted by molar-refractivity contribution is -0.384. The number of nitrogens with zero attached hydrogens (tertiary/aromatic N) is 2. The lowest BCUT2D eigenvalue weighted by Crippen LogP contribution is -2.45. The van der Waals surface area contributed by atoms with Crippen molar-refractivity contribution in [3.63, 3.8) is 0 Å². The van der Waals surface area contributed by atoms with Gasteiger partial charge in [0.2, 0.25) is 6.23 Å². The molecule has 1 N–H and O–H groups in total. The summed E-state index contributed by atoms with van der Waals surface area (Å²) in [5, 5.41) is 15.0. The molecule has 0 saturated heterocycles. The molecule has 2 aromatic rings. The summed E-state index contributed by atoms with van der Waals surface area (Å²) in [6.07, 6.45) is 0.783. The van der Waals surface area contributed by atoms with Gasteiger partial charge in [-0.15, -0.1) is 0 Å². The summed E-state index contributed by atoms with van der Waals surface area (Å²) in [6, 6.07) is 9.61. The van der Waals surface area contributed by atoms with E-state index in [0.29, 0.717) is 39.8 Å². The van der Waals surface area contributed by atoms with Gasteiger partial charge in [-0.25, -0.2) is 0 Å². The van der Waals surface area contributed by atoms with E-state index in [-0.39, 0.29) is 11.5 Å². The number of rotatable bonds is 2. The zero-order chi connectivity index (χ0) is 18.4. The van der Waals surface area contributed by atoms with Gasteiger partial charge < -0.3 is 15.0 Å². The average Bonchev–Trinajstić information content (AvgIpc) is 2.78. The fourth-order valence-corrected chi connectivity index (χ4v) is 3.47. The molecular weight excluding hydrogens is 358 g/mol. The molecule has 1 unspecified atom stereocenters. The number of hydrogen-bond donors (Lipinski definition) is 1. The number of nitro groups is 1. The van der Waals surface area contributed by atoms with Crippen LogP contribution in [0.1, 0.15) is 17.3 Å². The Kier molecular flexibility index (Phi) is 3.81. The third kappa shape index (κ3) is 2.40. The van der Waals surface area contributed by atoms with Crippen LogP contribution in [0, 0.1) is 10.1 Å². The van der Waals surface area contributed by atoms with Crippen LogP contribution in [0.15, 0.2) is 48.2 Å². The Bertz CT molecular complexity index is 973. The quantitative estimate of drug-likeness (QED) is 0.634. The molecule has 0 saturated carbocycles. The van der Waals surface area contributed by atoms with Gasteiger partial charge in [-0.05, 0) is 31.2 Å². The number of benzene rings is 2. The Labute approximate surface area is 154 Å². The van der Waals surface area contributed by atoms with E-state index in [1.165, 1.54) is 6.07 Å². The minimum absolute atomic E-state index is 0.0514. The second-order valence-corrected chi connectivity index (χ2v) is 6.34. The molecule has 0 bridgehead atoms. The first-order valence-corrected chi connectivity index (χ1v) is 8.40. The smallest absolute Gasteiger partial charge is 0.294 e. The summed E-state index contributed by atoms with van der Waals surface area (Å²) in [6.45, 7) is 2.27. The largest absolute Gasteiger partial charge is 0.465 e. The van der Waals surface area contributed by atoms with Crippen LogP contribution in [-0.2, 0) is 0 Å². The maximum Gasteiger partial charge on any atom is 0.294 e. The van der Waals surface area contributed by atoms with Crippen molar-refractivity contribution in [1.82, 2.24) is 0 Å². The van der Waals surface area contributed by atoms with Crippen molar-refractivity contribution in [3.8, 4) is 5.75 Å². The topological polar surface area (TPSA) is 84.7 Å². The van der Waals surface area contributed by atoms with Gasteiger partial charge in [0, 0.05) is 23.8 Å². The first kappa shape index (κ1) is 16.4. The summed E-state index contributed by atoms with van der Waals surface area (Å²) in [5.74, 6) is 0.183. The van der Waals surface area contributed by atoms with Gasteiger partial charge in [0.25, 0.3) is 5.69 Å². The van der Waals surface area contributed by atoms with Crippen molar-refractivity contribution in [2.75, 3.05) is 16.8 Å². The van der Waals surface area contributed by atoms with Gasteiger partial charge in [0.05, 0.1) is 21.7 Å². The Morgan fingerprint density at radius 3 is 2.88 bits per heavy atom. The summed E-state index contributed by atoms with van der Waals surface area (Å²) < 4.78 is 6.05. The standard InChI is InChI=1S/C18H14ClN3O4/c1-2-21-16-13(4-3-5-14(16)22(24)25)20-9-12-17(23)11-8-10(19)6-7-15(11)26-18(12)21/h3-9,18,20H,2H2,1H3. The van der Waals surface area contributed by atoms with Crippen LogP contribution in [0.3, 0.4) is 0 Å². The number of ketones is 1. The van der Waals surface area contributed by atoms with Crippen LogP contribution in [0.2, 0.25) is 5.02 Å². The van der Waals surface area contributed by atoms with E-state index in [1.54, 1.807) is 41.4 Å². The van der Waals surface area contributed by atoms with Gasteiger partial charge in [-0.2, -0.15) is 0 Å². The molecule has 2 aliphatic rings. The van der Waals surface area contributed by atoms with Crippen LogP contribution in [0.5, 0.6) is 5.75 Å². The summed E-state index contributed by atoms with van der Waals surface area (Å²) >= 11 is 6.01. The van der Waals surface area contributed by atoms with Gasteiger partial charge in [-0.3, -0.25) is 14.9 Å². The van der Waals surface area contributed by atoms with Crippen molar-refractivity contribution in [3.05, 3.63) is 68.9 Å². The predicted molar refractivity (Wildman–Crippen MR) is 98.0 cm³/mol. The zero-order valence-electron chi connectivity index (χ0n) is 13.7. The molecule has 8 heteroatoms. The molecule has 2 aliphatic heterocycles. The molecule has 2 heterocycles. The second-order valence-electron chi connectivity index (χ2n) is 5.90. The Morgan fingerprint density at radius 1 is 1.35 bits per heavy atom. The van der Waals surface area contributed by atoms with Crippen molar-refractivity contribution in [1.29, 1.82) is 0 Å². The molecule has 7 nitrogen and oxygen atoms in total. The number of anilines is 2. The number of ether oxygens (including phenoxy) is 1. The zero-order valence-corrected chi connectivity index (χ0v) is 14.5. The molecule has 2 aromatic carbocycles. The molecule has 0 aromatic heterocycles. The number of hydrogen-bond acceptors (Lipinski definition) is 6. The molecule has 0 spiro atoms. The number of carbonyl (C=O) groups is 1. The van der Waals surface area contributed by atoms with E-state index >= 15 is 0 Å². The number of halogens is 1. The predicted octanol–water partition coefficient (Wildman–Crippen LogP) is 3.99. The maximum absolute atomic E-state index is 13.0. The number of likely N-dealkylation sites (N-methyl/N-ethyl adjacent to an activating group) is 1. The van der Waals surface area contributed by atoms with Crippen LogP contribution >= 0.6 is 11.6 Å². The second kappa shape index (κ2) is 6.03. The van der Waals surface area contributed by atoms with Crippen LogP contribution in [-0.4, -0.2) is 23.5 Å². The summed E-state index contributed by atoms with van der Waals surface area (Å²) in [7, 11) is 0. The van der Waals surface area contributed by atoms with E-state index < -0.39 is 11.2 Å². The molecule has 4 rings (SSSR count). The Balaban J connectivity index is 1.90. The highest BCUT2D eigenvalue weighted by molar-refractivity contribution is 6.31. The molecule has 132 valence electrons. The Morgan fingerprint density at radius 2 is 2.15 bits per heavy atom.